The van der Waals surface area contributed by atoms with E-state index in [-0.39, 0.29) is 5.78 Å². The Bertz CT molecular complexity index is 522. The van der Waals surface area contributed by atoms with Gasteiger partial charge in [0.2, 0.25) is 0 Å². The maximum Gasteiger partial charge on any atom is 0.182 e. The van der Waals surface area contributed by atoms with E-state index in [1.807, 2.05) is 41.9 Å². The molecule has 2 nitrogen and oxygen atoms in total. The summed E-state index contributed by atoms with van der Waals surface area (Å²) in [6.07, 6.45) is 2.03. The van der Waals surface area contributed by atoms with Crippen molar-refractivity contribution in [3.05, 3.63) is 48.7 Å². The number of rotatable bonds is 3. The van der Waals surface area contributed by atoms with Crippen molar-refractivity contribution < 1.29 is 4.79 Å². The predicted molar refractivity (Wildman–Crippen MR) is 62.1 cm³/mol. The maximum atomic E-state index is 11.7. The maximum absolute atomic E-state index is 11.7. The van der Waals surface area contributed by atoms with Gasteiger partial charge in [-0.3, -0.25) is 4.79 Å². The van der Waals surface area contributed by atoms with Gasteiger partial charge in [-0.15, -0.1) is 6.58 Å². The topological polar surface area (TPSA) is 22.0 Å². The molecule has 2 aromatic rings. The van der Waals surface area contributed by atoms with Gasteiger partial charge < -0.3 is 4.57 Å². The first-order valence-corrected chi connectivity index (χ1v) is 4.92. The number of benzene rings is 1. The number of allylic oxidation sites excluding steroid dienone is 1. The number of carbonyl (C=O) groups excluding carboxylic acids is 1. The quantitative estimate of drug-likeness (QED) is 0.550. The zero-order chi connectivity index (χ0) is 10.8. The molecule has 0 fully saturated rings. The summed E-state index contributed by atoms with van der Waals surface area (Å²) in [5.41, 5.74) is 1.83. The van der Waals surface area contributed by atoms with Gasteiger partial charge in [0.05, 0.1) is 5.69 Å². The molecule has 0 amide bonds. The number of ketones is 1. The monoisotopic (exact) mass is 199 g/mol. The Morgan fingerprint density at radius 3 is 2.87 bits per heavy atom. The van der Waals surface area contributed by atoms with Gasteiger partial charge in [-0.05, 0) is 12.1 Å². The predicted octanol–water partition coefficient (Wildman–Crippen LogP) is 2.94. The van der Waals surface area contributed by atoms with E-state index in [9.17, 15) is 4.79 Å². The molecule has 0 saturated carbocycles. The number of aryl methyl sites for hydroxylation is 1. The molecule has 0 N–H and O–H groups in total. The second kappa shape index (κ2) is 3.73. The van der Waals surface area contributed by atoms with Crippen molar-refractivity contribution in [2.24, 2.45) is 7.05 Å². The fraction of sp³-hybridized carbons (Fsp3) is 0.154. The zero-order valence-electron chi connectivity index (χ0n) is 8.73. The van der Waals surface area contributed by atoms with Gasteiger partial charge >= 0.3 is 0 Å². The number of hydrogen-bond acceptors (Lipinski definition) is 1. The minimum absolute atomic E-state index is 0.115. The highest BCUT2D eigenvalue weighted by Crippen LogP contribution is 2.19. The largest absolute Gasteiger partial charge is 0.341 e. The summed E-state index contributed by atoms with van der Waals surface area (Å²) in [6.45, 7) is 3.58. The van der Waals surface area contributed by atoms with Crippen molar-refractivity contribution in [2.75, 3.05) is 0 Å². The molecular weight excluding hydrogens is 186 g/mol. The van der Waals surface area contributed by atoms with Crippen LogP contribution in [0.5, 0.6) is 0 Å². The second-order valence-corrected chi connectivity index (χ2v) is 3.56. The van der Waals surface area contributed by atoms with Crippen LogP contribution in [0, 0.1) is 0 Å². The molecular formula is C13H13NO. The third-order valence-corrected chi connectivity index (χ3v) is 2.57. The van der Waals surface area contributed by atoms with Crippen LogP contribution >= 0.6 is 0 Å². The van der Waals surface area contributed by atoms with Gasteiger partial charge in [0, 0.05) is 24.4 Å². The first-order valence-electron chi connectivity index (χ1n) is 4.92. The summed E-state index contributed by atoms with van der Waals surface area (Å²) < 4.78 is 1.93. The van der Waals surface area contributed by atoms with E-state index in [4.69, 9.17) is 0 Å². The highest BCUT2D eigenvalue weighted by Gasteiger charge is 2.10. The lowest BCUT2D eigenvalue weighted by Gasteiger charge is -2.00. The molecule has 0 aliphatic heterocycles. The molecule has 2 rings (SSSR count). The first kappa shape index (κ1) is 9.71. The normalized spacial score (nSPS) is 10.5. The summed E-state index contributed by atoms with van der Waals surface area (Å²) in [6, 6.07) is 9.91. The Morgan fingerprint density at radius 2 is 2.20 bits per heavy atom. The Balaban J connectivity index is 2.57. The number of nitrogens with zero attached hydrogens (tertiary/aromatic N) is 1. The van der Waals surface area contributed by atoms with Crippen molar-refractivity contribution in [2.45, 2.75) is 6.42 Å². The SMILES string of the molecule is C=CCC(=O)c1cc2ccccc2n1C. The van der Waals surface area contributed by atoms with E-state index in [0.29, 0.717) is 6.42 Å². The van der Waals surface area contributed by atoms with E-state index in [2.05, 4.69) is 6.58 Å². The van der Waals surface area contributed by atoms with Crippen LogP contribution in [0.2, 0.25) is 0 Å². The molecule has 0 saturated heterocycles. The molecule has 0 unspecified atom stereocenters. The van der Waals surface area contributed by atoms with Gasteiger partial charge in [-0.1, -0.05) is 24.3 Å². The van der Waals surface area contributed by atoms with E-state index in [1.165, 1.54) is 0 Å². The average molecular weight is 199 g/mol. The number of fused-ring (bicyclic) bond motifs is 1. The summed E-state index contributed by atoms with van der Waals surface area (Å²) in [5.74, 6) is 0.115. The van der Waals surface area contributed by atoms with Crippen LogP contribution in [0.15, 0.2) is 43.0 Å². The fourth-order valence-corrected chi connectivity index (χ4v) is 1.79. The lowest BCUT2D eigenvalue weighted by atomic mass is 10.2. The highest BCUT2D eigenvalue weighted by atomic mass is 16.1. The van der Waals surface area contributed by atoms with Gasteiger partial charge in [-0.2, -0.15) is 0 Å². The molecule has 15 heavy (non-hydrogen) atoms. The standard InChI is InChI=1S/C13H13NO/c1-3-6-13(15)12-9-10-7-4-5-8-11(10)14(12)2/h3-5,7-9H,1,6H2,2H3. The van der Waals surface area contributed by atoms with Crippen LogP contribution in [-0.2, 0) is 7.05 Å². The summed E-state index contributed by atoms with van der Waals surface area (Å²) >= 11 is 0. The van der Waals surface area contributed by atoms with Crippen molar-refractivity contribution in [1.82, 2.24) is 4.57 Å². The number of hydrogen-bond donors (Lipinski definition) is 0. The summed E-state index contributed by atoms with van der Waals surface area (Å²) in [7, 11) is 1.92. The van der Waals surface area contributed by atoms with Crippen molar-refractivity contribution >= 4 is 16.7 Å². The third kappa shape index (κ3) is 1.59. The van der Waals surface area contributed by atoms with Crippen LogP contribution in [0.3, 0.4) is 0 Å². The van der Waals surface area contributed by atoms with Gasteiger partial charge in [-0.25, -0.2) is 0 Å². The Kier molecular flexibility index (Phi) is 2.42. The zero-order valence-corrected chi connectivity index (χ0v) is 8.73. The molecule has 0 aliphatic rings. The molecule has 1 aromatic carbocycles. The number of Topliss-reactive ketones (excluding diaryl/α,β-unsaturated/α-hetero) is 1. The summed E-state index contributed by atoms with van der Waals surface area (Å²) in [4.78, 5) is 11.7. The minimum atomic E-state index is 0.115. The van der Waals surface area contributed by atoms with Gasteiger partial charge in [0.15, 0.2) is 5.78 Å². The van der Waals surface area contributed by atoms with Crippen molar-refractivity contribution in [1.29, 1.82) is 0 Å². The van der Waals surface area contributed by atoms with E-state index in [0.717, 1.165) is 16.6 Å². The number of carbonyl (C=O) groups is 1. The Labute approximate surface area is 88.8 Å². The lowest BCUT2D eigenvalue weighted by molar-refractivity contribution is 0.0988. The molecule has 0 atom stereocenters. The number of para-hydroxylation sites is 1. The van der Waals surface area contributed by atoms with E-state index in [1.54, 1.807) is 6.08 Å². The number of aromatic nitrogens is 1. The van der Waals surface area contributed by atoms with E-state index >= 15 is 0 Å². The van der Waals surface area contributed by atoms with Crippen LogP contribution < -0.4 is 0 Å². The molecule has 0 spiro atoms. The third-order valence-electron chi connectivity index (χ3n) is 2.57. The summed E-state index contributed by atoms with van der Waals surface area (Å²) in [5, 5.41) is 1.10. The molecule has 0 bridgehead atoms. The molecule has 1 heterocycles. The molecule has 2 heteroatoms. The van der Waals surface area contributed by atoms with E-state index < -0.39 is 0 Å². The molecule has 1 aromatic heterocycles. The van der Waals surface area contributed by atoms with Crippen LogP contribution in [0.4, 0.5) is 0 Å². The lowest BCUT2D eigenvalue weighted by Crippen LogP contribution is -2.04. The minimum Gasteiger partial charge on any atom is -0.341 e. The smallest absolute Gasteiger partial charge is 0.182 e. The average Bonchev–Trinajstić information content (AvgIpc) is 2.57. The van der Waals surface area contributed by atoms with Crippen molar-refractivity contribution in [3.8, 4) is 0 Å². The molecule has 0 radical (unpaired) electrons. The Morgan fingerprint density at radius 1 is 1.47 bits per heavy atom. The highest BCUT2D eigenvalue weighted by molar-refractivity contribution is 6.00. The Hall–Kier alpha value is -1.83. The first-order chi connectivity index (χ1) is 7.24. The molecule has 0 aliphatic carbocycles. The second-order valence-electron chi connectivity index (χ2n) is 3.56. The van der Waals surface area contributed by atoms with Crippen LogP contribution in [0.25, 0.3) is 10.9 Å². The fourth-order valence-electron chi connectivity index (χ4n) is 1.79. The van der Waals surface area contributed by atoms with Crippen molar-refractivity contribution in [3.63, 3.8) is 0 Å². The van der Waals surface area contributed by atoms with Crippen LogP contribution in [-0.4, -0.2) is 10.4 Å². The van der Waals surface area contributed by atoms with Gasteiger partial charge in [0.25, 0.3) is 0 Å². The molecule has 76 valence electrons. The van der Waals surface area contributed by atoms with Gasteiger partial charge in [0.1, 0.15) is 0 Å². The van der Waals surface area contributed by atoms with Crippen LogP contribution in [0.1, 0.15) is 16.9 Å².